The van der Waals surface area contributed by atoms with Gasteiger partial charge in [-0.05, 0) is 94.0 Å². The second kappa shape index (κ2) is 11.1. The minimum atomic E-state index is -1.53. The lowest BCUT2D eigenvalue weighted by Crippen LogP contribution is -1.91. The monoisotopic (exact) mass is 672 g/mol. The second-order valence-corrected chi connectivity index (χ2v) is 11.8. The Hall–Kier alpha value is -6.42. The lowest BCUT2D eigenvalue weighted by Gasteiger charge is -2.06. The highest BCUT2D eigenvalue weighted by molar-refractivity contribution is 6.10. The molecule has 0 saturated heterocycles. The lowest BCUT2D eigenvalue weighted by atomic mass is 9.99. The third kappa shape index (κ3) is 4.63. The van der Waals surface area contributed by atoms with Crippen molar-refractivity contribution in [2.75, 3.05) is 0 Å². The van der Waals surface area contributed by atoms with Crippen LogP contribution in [0.5, 0.6) is 0 Å². The number of hydrogen-bond acceptors (Lipinski definition) is 4. The Balaban J connectivity index is 1.09. The van der Waals surface area contributed by atoms with Gasteiger partial charge in [0.15, 0.2) is 46.1 Å². The van der Waals surface area contributed by atoms with Crippen LogP contribution >= 0.6 is 0 Å². The van der Waals surface area contributed by atoms with Crippen molar-refractivity contribution >= 4 is 44.1 Å². The zero-order valence-corrected chi connectivity index (χ0v) is 25.4. The van der Waals surface area contributed by atoms with Crippen molar-refractivity contribution in [3.05, 3.63) is 144 Å². The Morgan fingerprint density at radius 1 is 0.380 bits per heavy atom. The molecular weight excluding hydrogens is 654 g/mol. The van der Waals surface area contributed by atoms with Crippen LogP contribution < -0.4 is 0 Å². The van der Waals surface area contributed by atoms with Gasteiger partial charge in [0.2, 0.25) is 0 Å². The SMILES string of the molecule is Fc1cc(-c2ccc3oc4c(-c5ccc(-c6ccnc7c6oc6ccc(-c8cc(F)c(F)c(F)c8)cc67)cc5)ccnc4c3c2)cc(F)c1F. The zero-order chi connectivity index (χ0) is 34.3. The number of halogens is 6. The van der Waals surface area contributed by atoms with E-state index in [1.165, 1.54) is 0 Å². The third-order valence-electron chi connectivity index (χ3n) is 8.84. The molecule has 4 aromatic heterocycles. The Bertz CT molecular complexity index is 2600. The van der Waals surface area contributed by atoms with E-state index in [2.05, 4.69) is 9.97 Å². The molecule has 9 rings (SSSR count). The van der Waals surface area contributed by atoms with Crippen LogP contribution in [0.2, 0.25) is 0 Å². The summed E-state index contributed by atoms with van der Waals surface area (Å²) in [6.45, 7) is 0. The van der Waals surface area contributed by atoms with Gasteiger partial charge < -0.3 is 8.83 Å². The normalized spacial score (nSPS) is 11.8. The molecule has 0 saturated carbocycles. The summed E-state index contributed by atoms with van der Waals surface area (Å²) in [5.41, 5.74) is 7.68. The van der Waals surface area contributed by atoms with Gasteiger partial charge >= 0.3 is 0 Å². The highest BCUT2D eigenvalue weighted by atomic mass is 19.2. The van der Waals surface area contributed by atoms with Gasteiger partial charge in [-0.25, -0.2) is 26.3 Å². The first-order valence-corrected chi connectivity index (χ1v) is 15.3. The van der Waals surface area contributed by atoms with E-state index in [0.29, 0.717) is 55.3 Å². The van der Waals surface area contributed by atoms with E-state index in [1.54, 1.807) is 48.8 Å². The molecule has 0 atom stereocenters. The van der Waals surface area contributed by atoms with Crippen molar-refractivity contribution in [3.63, 3.8) is 0 Å². The molecule has 9 aromatic rings. The Labute approximate surface area is 277 Å². The van der Waals surface area contributed by atoms with Gasteiger partial charge in [0.05, 0.1) is 0 Å². The summed E-state index contributed by atoms with van der Waals surface area (Å²) in [6.07, 6.45) is 3.29. The predicted molar refractivity (Wildman–Crippen MR) is 178 cm³/mol. The predicted octanol–water partition coefficient (Wildman–Crippen LogP) is 11.8. The topological polar surface area (TPSA) is 52.1 Å². The van der Waals surface area contributed by atoms with Gasteiger partial charge in [-0.3, -0.25) is 9.97 Å². The number of fused-ring (bicyclic) bond motifs is 6. The van der Waals surface area contributed by atoms with Crippen molar-refractivity contribution in [1.29, 1.82) is 0 Å². The highest BCUT2D eigenvalue weighted by Gasteiger charge is 2.19. The van der Waals surface area contributed by atoms with Gasteiger partial charge in [0.1, 0.15) is 22.2 Å². The fourth-order valence-corrected chi connectivity index (χ4v) is 6.40. The second-order valence-electron chi connectivity index (χ2n) is 11.8. The fraction of sp³-hybridized carbons (Fsp3) is 0. The Morgan fingerprint density at radius 2 is 0.740 bits per heavy atom. The van der Waals surface area contributed by atoms with E-state index >= 15 is 0 Å². The summed E-state index contributed by atoms with van der Waals surface area (Å²) in [7, 11) is 0. The summed E-state index contributed by atoms with van der Waals surface area (Å²) >= 11 is 0. The van der Waals surface area contributed by atoms with Crippen molar-refractivity contribution in [2.24, 2.45) is 0 Å². The van der Waals surface area contributed by atoms with Crippen LogP contribution in [0.4, 0.5) is 26.3 Å². The first-order chi connectivity index (χ1) is 24.2. The molecule has 0 aliphatic carbocycles. The molecule has 0 amide bonds. The molecule has 0 radical (unpaired) electrons. The van der Waals surface area contributed by atoms with Crippen LogP contribution in [-0.4, -0.2) is 9.97 Å². The van der Waals surface area contributed by atoms with Crippen molar-refractivity contribution in [1.82, 2.24) is 9.97 Å². The fourth-order valence-electron chi connectivity index (χ4n) is 6.40. The van der Waals surface area contributed by atoms with Crippen LogP contribution in [0.3, 0.4) is 0 Å². The summed E-state index contributed by atoms with van der Waals surface area (Å²) < 4.78 is 95.4. The third-order valence-corrected chi connectivity index (χ3v) is 8.84. The molecule has 50 heavy (non-hydrogen) atoms. The molecule has 0 fully saturated rings. The summed E-state index contributed by atoms with van der Waals surface area (Å²) in [5, 5.41) is 1.26. The Kier molecular flexibility index (Phi) is 6.57. The molecule has 0 N–H and O–H groups in total. The van der Waals surface area contributed by atoms with E-state index in [-0.39, 0.29) is 11.1 Å². The lowest BCUT2D eigenvalue weighted by molar-refractivity contribution is 0.447. The quantitative estimate of drug-likeness (QED) is 0.138. The summed E-state index contributed by atoms with van der Waals surface area (Å²) in [6, 6.07) is 25.2. The van der Waals surface area contributed by atoms with E-state index in [4.69, 9.17) is 8.83 Å². The Morgan fingerprint density at radius 3 is 1.12 bits per heavy atom. The first-order valence-electron chi connectivity index (χ1n) is 15.3. The van der Waals surface area contributed by atoms with E-state index in [0.717, 1.165) is 46.5 Å². The van der Waals surface area contributed by atoms with E-state index in [9.17, 15) is 26.3 Å². The molecule has 10 heteroatoms. The number of furan rings is 2. The van der Waals surface area contributed by atoms with Crippen molar-refractivity contribution < 1.29 is 35.2 Å². The summed E-state index contributed by atoms with van der Waals surface area (Å²) in [5.74, 6) is -8.16. The number of aromatic nitrogens is 2. The molecule has 0 unspecified atom stereocenters. The molecule has 0 aliphatic rings. The molecule has 0 aliphatic heterocycles. The average molecular weight is 673 g/mol. The van der Waals surface area contributed by atoms with Crippen molar-refractivity contribution in [3.8, 4) is 44.5 Å². The summed E-state index contributed by atoms with van der Waals surface area (Å²) in [4.78, 5) is 9.04. The molecule has 0 spiro atoms. The maximum atomic E-state index is 14.0. The van der Waals surface area contributed by atoms with E-state index < -0.39 is 34.9 Å². The van der Waals surface area contributed by atoms with Gasteiger partial charge in [0.25, 0.3) is 0 Å². The molecular formula is C40H18F6N2O2. The maximum Gasteiger partial charge on any atom is 0.194 e. The smallest absolute Gasteiger partial charge is 0.194 e. The van der Waals surface area contributed by atoms with Crippen LogP contribution in [0.25, 0.3) is 88.6 Å². The molecule has 0 bridgehead atoms. The van der Waals surface area contributed by atoms with Gasteiger partial charge in [-0.2, -0.15) is 0 Å². The highest BCUT2D eigenvalue weighted by Crippen LogP contribution is 2.40. The zero-order valence-electron chi connectivity index (χ0n) is 25.4. The van der Waals surface area contributed by atoms with Gasteiger partial charge in [-0.1, -0.05) is 36.4 Å². The van der Waals surface area contributed by atoms with Crippen LogP contribution in [0.1, 0.15) is 0 Å². The largest absolute Gasteiger partial charge is 0.454 e. The maximum absolute atomic E-state index is 14.0. The minimum absolute atomic E-state index is 0.179. The first kappa shape index (κ1) is 29.7. The minimum Gasteiger partial charge on any atom is -0.454 e. The molecule has 5 aromatic carbocycles. The molecule has 242 valence electrons. The number of pyridine rings is 2. The van der Waals surface area contributed by atoms with Gasteiger partial charge in [0, 0.05) is 34.3 Å². The number of hydrogen-bond donors (Lipinski definition) is 0. The molecule has 4 nitrogen and oxygen atoms in total. The number of nitrogens with zero attached hydrogens (tertiary/aromatic N) is 2. The average Bonchev–Trinajstić information content (AvgIpc) is 3.70. The van der Waals surface area contributed by atoms with E-state index in [1.807, 2.05) is 36.4 Å². The number of benzene rings is 5. The molecule has 4 heterocycles. The van der Waals surface area contributed by atoms with Crippen LogP contribution in [0.15, 0.2) is 118 Å². The van der Waals surface area contributed by atoms with Crippen molar-refractivity contribution in [2.45, 2.75) is 0 Å². The van der Waals surface area contributed by atoms with Crippen LogP contribution in [0, 0.1) is 34.9 Å². The number of rotatable bonds is 4. The van der Waals surface area contributed by atoms with Crippen LogP contribution in [-0.2, 0) is 0 Å². The van der Waals surface area contributed by atoms with Gasteiger partial charge in [-0.15, -0.1) is 0 Å². The standard InChI is InChI=1S/C40H18F6N2O2/c41-29-15-23(16-30(42)35(29)45)21-5-7-33-27(13-21)37-39(49-33)25(9-11-47-37)19-1-2-20(4-3-19)26-10-12-48-38-28-14-22(6-8-34(28)50-40(26)38)24-17-31(43)36(46)32(44)18-24/h1-18H.